The van der Waals surface area contributed by atoms with Gasteiger partial charge in [0.25, 0.3) is 5.91 Å². The minimum absolute atomic E-state index is 0.0982. The number of nitrogens with zero attached hydrogens (tertiary/aromatic N) is 2. The summed E-state index contributed by atoms with van der Waals surface area (Å²) in [6, 6.07) is 12.2. The van der Waals surface area contributed by atoms with Crippen molar-refractivity contribution in [2.45, 2.75) is 26.3 Å². The van der Waals surface area contributed by atoms with E-state index < -0.39 is 6.04 Å². The third kappa shape index (κ3) is 3.57. The largest absolute Gasteiger partial charge is 0.325 e. The van der Waals surface area contributed by atoms with E-state index in [1.54, 1.807) is 28.9 Å². The maximum absolute atomic E-state index is 12.8. The number of piperazine rings is 1. The van der Waals surface area contributed by atoms with Gasteiger partial charge in [-0.25, -0.2) is 0 Å². The monoisotopic (exact) mass is 390 g/mol. The molecule has 3 rings (SSSR count). The zero-order valence-corrected chi connectivity index (χ0v) is 16.2. The first-order chi connectivity index (χ1) is 12.4. The molecule has 0 N–H and O–H groups in total. The molecule has 4 nitrogen and oxygen atoms in total. The number of amides is 2. The van der Waals surface area contributed by atoms with Gasteiger partial charge in [-0.05, 0) is 49.2 Å². The van der Waals surface area contributed by atoms with Crippen molar-refractivity contribution in [3.05, 3.63) is 63.6 Å². The van der Waals surface area contributed by atoms with E-state index in [-0.39, 0.29) is 11.8 Å². The van der Waals surface area contributed by atoms with Gasteiger partial charge in [0.05, 0.1) is 10.6 Å². The molecule has 1 saturated heterocycles. The molecule has 0 saturated carbocycles. The smallest absolute Gasteiger partial charge is 0.256 e. The van der Waals surface area contributed by atoms with Crippen LogP contribution in [0.1, 0.15) is 29.8 Å². The lowest BCUT2D eigenvalue weighted by Gasteiger charge is -2.39. The van der Waals surface area contributed by atoms with Crippen molar-refractivity contribution in [2.24, 2.45) is 0 Å². The van der Waals surface area contributed by atoms with Crippen molar-refractivity contribution in [3.63, 3.8) is 0 Å². The minimum Gasteiger partial charge on any atom is -0.325 e. The van der Waals surface area contributed by atoms with Crippen LogP contribution >= 0.6 is 23.2 Å². The van der Waals surface area contributed by atoms with Gasteiger partial charge in [-0.2, -0.15) is 0 Å². The molecule has 0 aromatic heterocycles. The molecule has 0 radical (unpaired) electrons. The highest BCUT2D eigenvalue weighted by Gasteiger charge is 2.35. The summed E-state index contributed by atoms with van der Waals surface area (Å²) in [7, 11) is 0. The molecule has 1 aliphatic rings. The first-order valence-corrected chi connectivity index (χ1v) is 9.34. The number of benzene rings is 2. The number of halogens is 2. The number of hydrogen-bond donors (Lipinski definition) is 0. The summed E-state index contributed by atoms with van der Waals surface area (Å²) in [6.45, 7) is 4.73. The second-order valence-corrected chi connectivity index (χ2v) is 7.15. The van der Waals surface area contributed by atoms with Gasteiger partial charge in [-0.1, -0.05) is 42.3 Å². The van der Waals surface area contributed by atoms with Crippen LogP contribution in [0, 0.1) is 0 Å². The number of carbonyl (C=O) groups excluding carboxylic acids is 2. The van der Waals surface area contributed by atoms with Crippen molar-refractivity contribution >= 4 is 40.7 Å². The van der Waals surface area contributed by atoms with E-state index in [0.29, 0.717) is 28.7 Å². The standard InChI is InChI=1S/C20H20Cl2N2O2/c1-3-14-4-7-16(8-5-14)24-11-10-23(13(2)19(24)25)20(26)17-9-6-15(21)12-18(17)22/h4-9,12-13H,3,10-11H2,1-2H3/t13-/m0/s1. The second kappa shape index (κ2) is 7.68. The highest BCUT2D eigenvalue weighted by Crippen LogP contribution is 2.26. The number of aryl methyl sites for hydroxylation is 1. The average molecular weight is 391 g/mol. The molecule has 0 spiro atoms. The van der Waals surface area contributed by atoms with Gasteiger partial charge in [0.2, 0.25) is 5.91 Å². The van der Waals surface area contributed by atoms with Crippen molar-refractivity contribution in [1.82, 2.24) is 4.90 Å². The number of carbonyl (C=O) groups is 2. The molecule has 0 unspecified atom stereocenters. The zero-order chi connectivity index (χ0) is 18.8. The molecular formula is C20H20Cl2N2O2. The average Bonchev–Trinajstić information content (AvgIpc) is 2.63. The van der Waals surface area contributed by atoms with Crippen LogP contribution < -0.4 is 4.90 Å². The summed E-state index contributed by atoms with van der Waals surface area (Å²) in [5.74, 6) is -0.354. The third-order valence-electron chi connectivity index (χ3n) is 4.73. The number of anilines is 1. The summed E-state index contributed by atoms with van der Waals surface area (Å²) >= 11 is 12.1. The fourth-order valence-electron chi connectivity index (χ4n) is 3.13. The molecule has 2 amide bonds. The first-order valence-electron chi connectivity index (χ1n) is 8.58. The Balaban J connectivity index is 1.79. The molecule has 136 valence electrons. The molecule has 1 aliphatic heterocycles. The molecule has 2 aromatic rings. The van der Waals surface area contributed by atoms with E-state index in [9.17, 15) is 9.59 Å². The molecule has 26 heavy (non-hydrogen) atoms. The van der Waals surface area contributed by atoms with Crippen molar-refractivity contribution < 1.29 is 9.59 Å². The predicted molar refractivity (Wildman–Crippen MR) is 105 cm³/mol. The Kier molecular flexibility index (Phi) is 5.54. The van der Waals surface area contributed by atoms with Crippen LogP contribution in [0.5, 0.6) is 0 Å². The quantitative estimate of drug-likeness (QED) is 0.777. The normalized spacial score (nSPS) is 17.5. The summed E-state index contributed by atoms with van der Waals surface area (Å²) in [5, 5.41) is 0.760. The van der Waals surface area contributed by atoms with E-state index in [4.69, 9.17) is 23.2 Å². The summed E-state index contributed by atoms with van der Waals surface area (Å²) in [5.41, 5.74) is 2.44. The van der Waals surface area contributed by atoms with Gasteiger partial charge in [-0.15, -0.1) is 0 Å². The van der Waals surface area contributed by atoms with E-state index >= 15 is 0 Å². The zero-order valence-electron chi connectivity index (χ0n) is 14.7. The number of hydrogen-bond acceptors (Lipinski definition) is 2. The van der Waals surface area contributed by atoms with E-state index in [1.165, 1.54) is 11.6 Å². The van der Waals surface area contributed by atoms with Crippen LogP contribution in [0.2, 0.25) is 10.0 Å². The van der Waals surface area contributed by atoms with Crippen molar-refractivity contribution in [1.29, 1.82) is 0 Å². The maximum atomic E-state index is 12.8. The van der Waals surface area contributed by atoms with Gasteiger partial charge in [0, 0.05) is 23.8 Å². The summed E-state index contributed by atoms with van der Waals surface area (Å²) in [4.78, 5) is 29.0. The van der Waals surface area contributed by atoms with Crippen LogP contribution in [-0.4, -0.2) is 35.8 Å². The maximum Gasteiger partial charge on any atom is 0.256 e. The lowest BCUT2D eigenvalue weighted by Crippen LogP contribution is -2.57. The van der Waals surface area contributed by atoms with Gasteiger partial charge in [0.1, 0.15) is 6.04 Å². The Morgan fingerprint density at radius 2 is 1.81 bits per heavy atom. The Morgan fingerprint density at radius 3 is 2.42 bits per heavy atom. The molecule has 6 heteroatoms. The molecule has 1 heterocycles. The fraction of sp³-hybridized carbons (Fsp3) is 0.300. The second-order valence-electron chi connectivity index (χ2n) is 6.31. The number of rotatable bonds is 3. The van der Waals surface area contributed by atoms with Crippen LogP contribution in [-0.2, 0) is 11.2 Å². The molecule has 1 atom stereocenters. The summed E-state index contributed by atoms with van der Waals surface area (Å²) < 4.78 is 0. The van der Waals surface area contributed by atoms with Gasteiger partial charge in [-0.3, -0.25) is 9.59 Å². The van der Waals surface area contributed by atoms with Crippen molar-refractivity contribution in [2.75, 3.05) is 18.0 Å². The summed E-state index contributed by atoms with van der Waals surface area (Å²) in [6.07, 6.45) is 0.953. The fourth-order valence-corrected chi connectivity index (χ4v) is 3.62. The van der Waals surface area contributed by atoms with E-state index in [0.717, 1.165) is 12.1 Å². The van der Waals surface area contributed by atoms with Crippen molar-refractivity contribution in [3.8, 4) is 0 Å². The van der Waals surface area contributed by atoms with Crippen LogP contribution in [0.4, 0.5) is 5.69 Å². The predicted octanol–water partition coefficient (Wildman–Crippen LogP) is 4.43. The van der Waals surface area contributed by atoms with Gasteiger partial charge in [0.15, 0.2) is 0 Å². The molecular weight excluding hydrogens is 371 g/mol. The first kappa shape index (κ1) is 18.7. The lowest BCUT2D eigenvalue weighted by molar-refractivity contribution is -0.124. The Labute approximate surface area is 163 Å². The highest BCUT2D eigenvalue weighted by molar-refractivity contribution is 6.36. The lowest BCUT2D eigenvalue weighted by atomic mass is 10.1. The highest BCUT2D eigenvalue weighted by atomic mass is 35.5. The molecule has 0 aliphatic carbocycles. The van der Waals surface area contributed by atoms with E-state index in [1.807, 2.05) is 24.3 Å². The van der Waals surface area contributed by atoms with Crippen LogP contribution in [0.25, 0.3) is 0 Å². The Bertz CT molecular complexity index is 836. The van der Waals surface area contributed by atoms with Crippen LogP contribution in [0.3, 0.4) is 0 Å². The topological polar surface area (TPSA) is 40.6 Å². The van der Waals surface area contributed by atoms with Gasteiger partial charge >= 0.3 is 0 Å². The molecule has 1 fully saturated rings. The SMILES string of the molecule is CCc1ccc(N2CCN(C(=O)c3ccc(Cl)cc3Cl)[C@@H](C)C2=O)cc1. The molecule has 2 aromatic carbocycles. The Hall–Kier alpha value is -2.04. The molecule has 0 bridgehead atoms. The third-order valence-corrected chi connectivity index (χ3v) is 5.28. The minimum atomic E-state index is -0.561. The van der Waals surface area contributed by atoms with Gasteiger partial charge < -0.3 is 9.80 Å². The Morgan fingerprint density at radius 1 is 1.12 bits per heavy atom. The van der Waals surface area contributed by atoms with Crippen LogP contribution in [0.15, 0.2) is 42.5 Å². The van der Waals surface area contributed by atoms with E-state index in [2.05, 4.69) is 6.92 Å².